The molecule has 3 aromatic rings. The van der Waals surface area contributed by atoms with Crippen LogP contribution in [0.15, 0.2) is 77.7 Å². The Kier molecular flexibility index (Phi) is 6.18. The summed E-state index contributed by atoms with van der Waals surface area (Å²) in [6.07, 6.45) is 0. The monoisotopic (exact) mass is 454 g/mol. The van der Waals surface area contributed by atoms with Crippen LogP contribution in [0.25, 0.3) is 0 Å². The van der Waals surface area contributed by atoms with E-state index in [0.717, 1.165) is 0 Å². The van der Waals surface area contributed by atoms with E-state index in [1.807, 2.05) is 24.3 Å². The molecule has 3 aromatic carbocycles. The van der Waals surface area contributed by atoms with Gasteiger partial charge in [-0.15, -0.1) is 0 Å². The van der Waals surface area contributed by atoms with Crippen molar-refractivity contribution in [3.63, 3.8) is 0 Å². The van der Waals surface area contributed by atoms with E-state index in [9.17, 15) is 13.2 Å². The lowest BCUT2D eigenvalue weighted by molar-refractivity contribution is -0.120. The number of sulfonamides is 1. The number of anilines is 2. The van der Waals surface area contributed by atoms with Gasteiger partial charge in [-0.1, -0.05) is 12.1 Å². The van der Waals surface area contributed by atoms with Gasteiger partial charge in [-0.05, 0) is 60.7 Å². The molecule has 32 heavy (non-hydrogen) atoms. The second-order valence-corrected chi connectivity index (χ2v) is 8.64. The summed E-state index contributed by atoms with van der Waals surface area (Å²) in [7, 11) is -2.23. The van der Waals surface area contributed by atoms with E-state index < -0.39 is 10.0 Å². The number of carbonyl (C=O) groups is 1. The topological polar surface area (TPSA) is 94.2 Å². The number of benzene rings is 3. The Hall–Kier alpha value is -3.72. The molecule has 8 nitrogen and oxygen atoms in total. The van der Waals surface area contributed by atoms with Gasteiger partial charge in [-0.3, -0.25) is 9.52 Å². The number of ether oxygens (including phenoxy) is 3. The first kappa shape index (κ1) is 21.5. The third-order valence-corrected chi connectivity index (χ3v) is 6.27. The zero-order chi connectivity index (χ0) is 22.6. The molecule has 0 saturated heterocycles. The molecular formula is C23H22N2O6S. The second kappa shape index (κ2) is 9.19. The minimum atomic E-state index is -3.77. The Balaban J connectivity index is 1.38. The van der Waals surface area contributed by atoms with Gasteiger partial charge < -0.3 is 19.1 Å². The van der Waals surface area contributed by atoms with E-state index in [2.05, 4.69) is 4.72 Å². The summed E-state index contributed by atoms with van der Waals surface area (Å²) in [5.74, 6) is 1.47. The molecular weight excluding hydrogens is 432 g/mol. The lowest BCUT2D eigenvalue weighted by Gasteiger charge is -2.29. The molecule has 1 aliphatic rings. The van der Waals surface area contributed by atoms with Crippen LogP contribution >= 0.6 is 0 Å². The van der Waals surface area contributed by atoms with Crippen LogP contribution in [-0.2, 0) is 14.8 Å². The van der Waals surface area contributed by atoms with E-state index in [1.54, 1.807) is 29.2 Å². The van der Waals surface area contributed by atoms with Gasteiger partial charge in [0, 0.05) is 5.69 Å². The number of nitrogens with zero attached hydrogens (tertiary/aromatic N) is 1. The molecule has 0 bridgehead atoms. The summed E-state index contributed by atoms with van der Waals surface area (Å²) < 4.78 is 43.9. The fourth-order valence-electron chi connectivity index (χ4n) is 3.24. The van der Waals surface area contributed by atoms with E-state index in [1.165, 1.54) is 31.4 Å². The molecule has 166 valence electrons. The summed E-state index contributed by atoms with van der Waals surface area (Å²) in [6.45, 7) is 0.675. The summed E-state index contributed by atoms with van der Waals surface area (Å²) >= 11 is 0. The number of para-hydroxylation sites is 2. The van der Waals surface area contributed by atoms with Crippen molar-refractivity contribution < 1.29 is 27.4 Å². The van der Waals surface area contributed by atoms with Gasteiger partial charge in [0.05, 0.1) is 24.2 Å². The normalized spacial score (nSPS) is 13.0. The third-order valence-electron chi connectivity index (χ3n) is 4.87. The third kappa shape index (κ3) is 4.78. The SMILES string of the molecule is COc1ccc(NS(=O)(=O)c2ccc(OCC(=O)N3CCOc4ccccc43)cc2)cc1. The Bertz CT molecular complexity index is 1190. The number of hydrogen-bond acceptors (Lipinski definition) is 6. The minimum absolute atomic E-state index is 0.0779. The largest absolute Gasteiger partial charge is 0.497 e. The lowest BCUT2D eigenvalue weighted by atomic mass is 10.2. The second-order valence-electron chi connectivity index (χ2n) is 6.96. The molecule has 1 aliphatic heterocycles. The molecule has 0 aromatic heterocycles. The highest BCUT2D eigenvalue weighted by Gasteiger charge is 2.23. The van der Waals surface area contributed by atoms with Gasteiger partial charge in [-0.2, -0.15) is 0 Å². The van der Waals surface area contributed by atoms with Crippen LogP contribution in [0.5, 0.6) is 17.2 Å². The zero-order valence-electron chi connectivity index (χ0n) is 17.4. The number of nitrogens with one attached hydrogen (secondary N) is 1. The summed E-state index contributed by atoms with van der Waals surface area (Å²) in [5, 5.41) is 0. The number of amides is 1. The number of fused-ring (bicyclic) bond motifs is 1. The van der Waals surface area contributed by atoms with E-state index in [0.29, 0.717) is 41.8 Å². The molecule has 9 heteroatoms. The van der Waals surface area contributed by atoms with Gasteiger partial charge in [0.1, 0.15) is 23.9 Å². The highest BCUT2D eigenvalue weighted by Crippen LogP contribution is 2.31. The Morgan fingerprint density at radius 2 is 1.69 bits per heavy atom. The maximum absolute atomic E-state index is 12.6. The maximum Gasteiger partial charge on any atom is 0.265 e. The highest BCUT2D eigenvalue weighted by atomic mass is 32.2. The average Bonchev–Trinajstić information content (AvgIpc) is 2.82. The van der Waals surface area contributed by atoms with Gasteiger partial charge in [0.15, 0.2) is 6.61 Å². The summed E-state index contributed by atoms with van der Waals surface area (Å²) in [6, 6.07) is 19.8. The lowest BCUT2D eigenvalue weighted by Crippen LogP contribution is -2.40. The predicted molar refractivity (Wildman–Crippen MR) is 120 cm³/mol. The summed E-state index contributed by atoms with van der Waals surface area (Å²) in [4.78, 5) is 14.3. The van der Waals surface area contributed by atoms with Crippen LogP contribution in [-0.4, -0.2) is 41.2 Å². The first-order valence-electron chi connectivity index (χ1n) is 9.88. The van der Waals surface area contributed by atoms with Crippen molar-refractivity contribution >= 4 is 27.3 Å². The number of methoxy groups -OCH3 is 1. The summed E-state index contributed by atoms with van der Waals surface area (Å²) in [5.41, 5.74) is 1.13. The Labute approximate surface area is 186 Å². The van der Waals surface area contributed by atoms with Crippen molar-refractivity contribution in [1.82, 2.24) is 0 Å². The average molecular weight is 455 g/mol. The first-order chi connectivity index (χ1) is 15.5. The van der Waals surface area contributed by atoms with Gasteiger partial charge >= 0.3 is 0 Å². The molecule has 1 amide bonds. The van der Waals surface area contributed by atoms with Gasteiger partial charge in [0.25, 0.3) is 15.9 Å². The molecule has 0 aliphatic carbocycles. The Morgan fingerprint density at radius 3 is 2.41 bits per heavy atom. The van der Waals surface area contributed by atoms with E-state index in [-0.39, 0.29) is 17.4 Å². The number of hydrogen-bond donors (Lipinski definition) is 1. The van der Waals surface area contributed by atoms with Crippen molar-refractivity contribution in [3.05, 3.63) is 72.8 Å². The number of carbonyl (C=O) groups excluding carboxylic acids is 1. The quantitative estimate of drug-likeness (QED) is 0.589. The van der Waals surface area contributed by atoms with Crippen molar-refractivity contribution in [3.8, 4) is 17.2 Å². The fraction of sp³-hybridized carbons (Fsp3) is 0.174. The maximum atomic E-state index is 12.6. The van der Waals surface area contributed by atoms with Gasteiger partial charge in [0.2, 0.25) is 0 Å². The minimum Gasteiger partial charge on any atom is -0.497 e. The molecule has 0 spiro atoms. The number of rotatable bonds is 7. The van der Waals surface area contributed by atoms with Crippen LogP contribution in [0.4, 0.5) is 11.4 Å². The predicted octanol–water partition coefficient (Wildman–Crippen LogP) is 3.30. The van der Waals surface area contributed by atoms with Crippen LogP contribution in [0, 0.1) is 0 Å². The van der Waals surface area contributed by atoms with E-state index in [4.69, 9.17) is 14.2 Å². The van der Waals surface area contributed by atoms with Gasteiger partial charge in [-0.25, -0.2) is 8.42 Å². The molecule has 0 radical (unpaired) electrons. The zero-order valence-corrected chi connectivity index (χ0v) is 18.2. The van der Waals surface area contributed by atoms with Crippen molar-refractivity contribution in [2.75, 3.05) is 36.5 Å². The van der Waals surface area contributed by atoms with E-state index >= 15 is 0 Å². The van der Waals surface area contributed by atoms with Crippen LogP contribution in [0.1, 0.15) is 0 Å². The fourth-order valence-corrected chi connectivity index (χ4v) is 4.30. The van der Waals surface area contributed by atoms with Crippen LogP contribution < -0.4 is 23.8 Å². The molecule has 4 rings (SSSR count). The van der Waals surface area contributed by atoms with Crippen molar-refractivity contribution in [2.24, 2.45) is 0 Å². The van der Waals surface area contributed by atoms with Crippen molar-refractivity contribution in [2.45, 2.75) is 4.90 Å². The highest BCUT2D eigenvalue weighted by molar-refractivity contribution is 7.92. The van der Waals surface area contributed by atoms with Crippen LogP contribution in [0.2, 0.25) is 0 Å². The molecule has 0 atom stereocenters. The Morgan fingerprint density at radius 1 is 1.00 bits per heavy atom. The standard InChI is InChI=1S/C23H22N2O6S/c1-29-18-8-6-17(7-9-18)24-32(27,28)20-12-10-19(11-13-20)31-16-23(26)25-14-15-30-22-5-3-2-4-21(22)25/h2-13,24H,14-16H2,1H3. The van der Waals surface area contributed by atoms with Crippen LogP contribution in [0.3, 0.4) is 0 Å². The molecule has 0 fully saturated rings. The molecule has 1 N–H and O–H groups in total. The molecule has 0 saturated carbocycles. The smallest absolute Gasteiger partial charge is 0.265 e. The first-order valence-corrected chi connectivity index (χ1v) is 11.4. The van der Waals surface area contributed by atoms with Crippen molar-refractivity contribution in [1.29, 1.82) is 0 Å². The molecule has 0 unspecified atom stereocenters. The molecule has 1 heterocycles.